The van der Waals surface area contributed by atoms with Crippen molar-refractivity contribution in [2.75, 3.05) is 5.32 Å². The lowest BCUT2D eigenvalue weighted by Gasteiger charge is -2.15. The molecule has 1 atom stereocenters. The molecule has 0 unspecified atom stereocenters. The summed E-state index contributed by atoms with van der Waals surface area (Å²) < 4.78 is 18.8. The molecule has 1 amide bonds. The van der Waals surface area contributed by atoms with Gasteiger partial charge in [-0.1, -0.05) is 12.1 Å². The van der Waals surface area contributed by atoms with Crippen molar-refractivity contribution in [3.8, 4) is 0 Å². The van der Waals surface area contributed by atoms with Gasteiger partial charge in [0, 0.05) is 10.2 Å². The molecule has 2 aromatic rings. The van der Waals surface area contributed by atoms with Gasteiger partial charge in [-0.25, -0.2) is 9.18 Å². The zero-order chi connectivity index (χ0) is 17.9. The van der Waals surface area contributed by atoms with Crippen LogP contribution >= 0.6 is 15.9 Å². The minimum Gasteiger partial charge on any atom is -0.449 e. The van der Waals surface area contributed by atoms with Gasteiger partial charge in [0.2, 0.25) is 0 Å². The summed E-state index contributed by atoms with van der Waals surface area (Å²) in [6.45, 7) is 5.25. The Balaban J connectivity index is 2.07. The fraction of sp³-hybridized carbons (Fsp3) is 0.222. The number of rotatable bonds is 4. The third-order valence-corrected chi connectivity index (χ3v) is 4.14. The molecule has 0 fully saturated rings. The van der Waals surface area contributed by atoms with Crippen molar-refractivity contribution < 1.29 is 18.7 Å². The van der Waals surface area contributed by atoms with E-state index < -0.39 is 23.8 Å². The van der Waals surface area contributed by atoms with E-state index in [0.29, 0.717) is 10.2 Å². The number of nitrogens with one attached hydrogen (secondary N) is 1. The maximum atomic E-state index is 13.3. The first-order valence-corrected chi connectivity index (χ1v) is 8.11. The molecule has 0 saturated carbocycles. The molecule has 0 spiro atoms. The smallest absolute Gasteiger partial charge is 0.340 e. The first kappa shape index (κ1) is 18.1. The Morgan fingerprint density at radius 3 is 2.58 bits per heavy atom. The maximum absolute atomic E-state index is 13.3. The number of hydrogen-bond donors (Lipinski definition) is 1. The number of amides is 1. The molecule has 126 valence electrons. The largest absolute Gasteiger partial charge is 0.449 e. The summed E-state index contributed by atoms with van der Waals surface area (Å²) in [5.41, 5.74) is 2.60. The van der Waals surface area contributed by atoms with Crippen LogP contribution in [-0.4, -0.2) is 18.0 Å². The van der Waals surface area contributed by atoms with Crippen molar-refractivity contribution in [1.29, 1.82) is 0 Å². The van der Waals surface area contributed by atoms with E-state index in [4.69, 9.17) is 4.74 Å². The predicted molar refractivity (Wildman–Crippen MR) is 93.5 cm³/mol. The molecule has 4 nitrogen and oxygen atoms in total. The fourth-order valence-electron chi connectivity index (χ4n) is 2.04. The standard InChI is InChI=1S/C18H17BrFNO3/c1-10-4-5-11(2)16(8-10)21-17(22)12(3)24-18(23)14-9-13(20)6-7-15(14)19/h4-9,12H,1-3H3,(H,21,22)/t12-/m0/s1. The number of hydrogen-bond acceptors (Lipinski definition) is 3. The number of carbonyl (C=O) groups excluding carboxylic acids is 2. The molecule has 0 aliphatic rings. The minimum atomic E-state index is -1.02. The highest BCUT2D eigenvalue weighted by Gasteiger charge is 2.21. The van der Waals surface area contributed by atoms with Gasteiger partial charge in [-0.05, 0) is 72.1 Å². The molecule has 24 heavy (non-hydrogen) atoms. The number of ether oxygens (including phenoxy) is 1. The van der Waals surface area contributed by atoms with E-state index in [-0.39, 0.29) is 5.56 Å². The van der Waals surface area contributed by atoms with Crippen molar-refractivity contribution in [2.45, 2.75) is 26.9 Å². The maximum Gasteiger partial charge on any atom is 0.340 e. The second-order valence-electron chi connectivity index (χ2n) is 5.48. The first-order valence-electron chi connectivity index (χ1n) is 7.32. The zero-order valence-corrected chi connectivity index (χ0v) is 15.1. The van der Waals surface area contributed by atoms with Crippen LogP contribution in [0.5, 0.6) is 0 Å². The van der Waals surface area contributed by atoms with Gasteiger partial charge in [0.25, 0.3) is 5.91 Å². The predicted octanol–water partition coefficient (Wildman–Crippen LogP) is 4.39. The molecule has 0 bridgehead atoms. The Labute approximate surface area is 148 Å². The lowest BCUT2D eigenvalue weighted by Crippen LogP contribution is -2.30. The summed E-state index contributed by atoms with van der Waals surface area (Å²) in [7, 11) is 0. The van der Waals surface area contributed by atoms with Crippen LogP contribution in [0.25, 0.3) is 0 Å². The molecule has 0 saturated heterocycles. The molecular weight excluding hydrogens is 377 g/mol. The van der Waals surface area contributed by atoms with Crippen LogP contribution in [0, 0.1) is 19.7 Å². The highest BCUT2D eigenvalue weighted by molar-refractivity contribution is 9.10. The van der Waals surface area contributed by atoms with Crippen molar-refractivity contribution in [2.24, 2.45) is 0 Å². The summed E-state index contributed by atoms with van der Waals surface area (Å²) in [6, 6.07) is 9.36. The minimum absolute atomic E-state index is 0.0291. The molecular formula is C18H17BrFNO3. The van der Waals surface area contributed by atoms with Crippen LogP contribution in [0.4, 0.5) is 10.1 Å². The number of benzene rings is 2. The molecule has 0 aromatic heterocycles. The number of halogens is 2. The third kappa shape index (κ3) is 4.41. The van der Waals surface area contributed by atoms with Gasteiger partial charge in [-0.15, -0.1) is 0 Å². The molecule has 0 heterocycles. The quantitative estimate of drug-likeness (QED) is 0.783. The molecule has 2 aromatic carbocycles. The van der Waals surface area contributed by atoms with Crippen LogP contribution in [0.2, 0.25) is 0 Å². The molecule has 1 N–H and O–H groups in total. The van der Waals surface area contributed by atoms with Gasteiger partial charge in [0.15, 0.2) is 6.10 Å². The Kier molecular flexibility index (Phi) is 5.72. The van der Waals surface area contributed by atoms with E-state index in [1.807, 2.05) is 32.0 Å². The second kappa shape index (κ2) is 7.57. The lowest BCUT2D eigenvalue weighted by molar-refractivity contribution is -0.123. The van der Waals surface area contributed by atoms with E-state index in [0.717, 1.165) is 17.2 Å². The highest BCUT2D eigenvalue weighted by atomic mass is 79.9. The van der Waals surface area contributed by atoms with Gasteiger partial charge in [0.05, 0.1) is 5.56 Å². The second-order valence-corrected chi connectivity index (χ2v) is 6.33. The number of anilines is 1. The van der Waals surface area contributed by atoms with Crippen molar-refractivity contribution in [1.82, 2.24) is 0 Å². The van der Waals surface area contributed by atoms with E-state index in [2.05, 4.69) is 21.2 Å². The molecule has 0 aliphatic carbocycles. The third-order valence-electron chi connectivity index (χ3n) is 3.45. The summed E-state index contributed by atoms with van der Waals surface area (Å²) in [5, 5.41) is 2.73. The van der Waals surface area contributed by atoms with Crippen LogP contribution in [0.3, 0.4) is 0 Å². The summed E-state index contributed by atoms with van der Waals surface area (Å²) >= 11 is 3.16. The average molecular weight is 394 g/mol. The van der Waals surface area contributed by atoms with Gasteiger partial charge in [0.1, 0.15) is 5.82 Å². The van der Waals surface area contributed by atoms with Gasteiger partial charge < -0.3 is 10.1 Å². The SMILES string of the molecule is Cc1ccc(C)c(NC(=O)[C@H](C)OC(=O)c2cc(F)ccc2Br)c1. The summed E-state index contributed by atoms with van der Waals surface area (Å²) in [5.74, 6) is -1.78. The van der Waals surface area contributed by atoms with E-state index >= 15 is 0 Å². The van der Waals surface area contributed by atoms with E-state index in [1.54, 1.807) is 0 Å². The first-order chi connectivity index (χ1) is 11.3. The lowest BCUT2D eigenvalue weighted by atomic mass is 10.1. The van der Waals surface area contributed by atoms with Crippen LogP contribution in [-0.2, 0) is 9.53 Å². The van der Waals surface area contributed by atoms with Crippen molar-refractivity contribution in [3.63, 3.8) is 0 Å². The van der Waals surface area contributed by atoms with Crippen molar-refractivity contribution in [3.05, 3.63) is 63.4 Å². The van der Waals surface area contributed by atoms with E-state index in [1.165, 1.54) is 19.1 Å². The Bertz CT molecular complexity index is 792. The topological polar surface area (TPSA) is 55.4 Å². The van der Waals surface area contributed by atoms with Gasteiger partial charge in [-0.2, -0.15) is 0 Å². The number of aryl methyl sites for hydroxylation is 2. The van der Waals surface area contributed by atoms with E-state index in [9.17, 15) is 14.0 Å². The number of carbonyl (C=O) groups is 2. The highest BCUT2D eigenvalue weighted by Crippen LogP contribution is 2.20. The van der Waals surface area contributed by atoms with Gasteiger partial charge >= 0.3 is 5.97 Å². The Morgan fingerprint density at radius 2 is 1.88 bits per heavy atom. The molecule has 0 aliphatic heterocycles. The van der Waals surface area contributed by atoms with Gasteiger partial charge in [-0.3, -0.25) is 4.79 Å². The Hall–Kier alpha value is -2.21. The van der Waals surface area contributed by atoms with Crippen LogP contribution < -0.4 is 5.32 Å². The molecule has 0 radical (unpaired) electrons. The van der Waals surface area contributed by atoms with Crippen molar-refractivity contribution >= 4 is 33.5 Å². The summed E-state index contributed by atoms with van der Waals surface area (Å²) in [4.78, 5) is 24.3. The molecule has 2 rings (SSSR count). The monoisotopic (exact) mass is 393 g/mol. The van der Waals surface area contributed by atoms with Crippen LogP contribution in [0.1, 0.15) is 28.4 Å². The molecule has 6 heteroatoms. The van der Waals surface area contributed by atoms with Crippen LogP contribution in [0.15, 0.2) is 40.9 Å². The fourth-order valence-corrected chi connectivity index (χ4v) is 2.44. The summed E-state index contributed by atoms with van der Waals surface area (Å²) in [6.07, 6.45) is -1.02. The average Bonchev–Trinajstić information content (AvgIpc) is 2.53. The number of esters is 1. The normalized spacial score (nSPS) is 11.7. The zero-order valence-electron chi connectivity index (χ0n) is 13.5. The Morgan fingerprint density at radius 1 is 1.17 bits per heavy atom.